The van der Waals surface area contributed by atoms with Crippen LogP contribution >= 0.6 is 0 Å². The molecule has 0 amide bonds. The van der Waals surface area contributed by atoms with Crippen molar-refractivity contribution < 1.29 is 49.6 Å². The van der Waals surface area contributed by atoms with Crippen molar-refractivity contribution >= 4 is 6.08 Å². The molecule has 0 unspecified atom stereocenters. The highest BCUT2D eigenvalue weighted by Crippen LogP contribution is 2.49. The third-order valence-corrected chi connectivity index (χ3v) is 7.11. The van der Waals surface area contributed by atoms with Crippen LogP contribution in [0.3, 0.4) is 0 Å². The van der Waals surface area contributed by atoms with E-state index >= 15 is 0 Å². The van der Waals surface area contributed by atoms with E-state index in [2.05, 4.69) is 0 Å². The van der Waals surface area contributed by atoms with Gasteiger partial charge < -0.3 is 49.6 Å². The van der Waals surface area contributed by atoms with Crippen molar-refractivity contribution in [2.75, 3.05) is 34.0 Å². The summed E-state index contributed by atoms with van der Waals surface area (Å²) in [5, 5.41) is 59.3. The topological polar surface area (TPSA) is 158 Å². The molecule has 0 radical (unpaired) electrons. The minimum atomic E-state index is -1.56. The number of methoxy groups -OCH3 is 2. The Kier molecular flexibility index (Phi) is 8.71. The summed E-state index contributed by atoms with van der Waals surface area (Å²) in [5.74, 6) is 1.02. The molecule has 2 aliphatic rings. The molecule has 1 aliphatic carbocycles. The molecule has 2 aromatic carbocycles. The van der Waals surface area contributed by atoms with E-state index in [9.17, 15) is 25.5 Å². The van der Waals surface area contributed by atoms with E-state index in [0.29, 0.717) is 17.9 Å². The Labute approximate surface area is 214 Å². The van der Waals surface area contributed by atoms with Crippen LogP contribution in [-0.4, -0.2) is 95.4 Å². The first-order valence-corrected chi connectivity index (χ1v) is 12.1. The van der Waals surface area contributed by atoms with Gasteiger partial charge in [-0.25, -0.2) is 0 Å². The first kappa shape index (κ1) is 27.3. The second-order valence-electron chi connectivity index (χ2n) is 9.20. The van der Waals surface area contributed by atoms with E-state index in [-0.39, 0.29) is 30.8 Å². The maximum absolute atomic E-state index is 10.3. The van der Waals surface area contributed by atoms with Gasteiger partial charge in [-0.1, -0.05) is 24.3 Å². The lowest BCUT2D eigenvalue weighted by molar-refractivity contribution is -0.277. The van der Waals surface area contributed by atoms with Gasteiger partial charge in [-0.3, -0.25) is 0 Å². The summed E-state index contributed by atoms with van der Waals surface area (Å²) in [6.45, 7) is -0.727. The van der Waals surface area contributed by atoms with Gasteiger partial charge >= 0.3 is 0 Å². The SMILES string of the molecule is COc1cc([C@H]2Cc3c(OC)cc(C=CCO)cc3[C@H]2CO)ccc1O[C@@H]1O[C@H](CO)[C@@H](O)[C@H](O)[C@H]1O. The molecular formula is C27H34O10. The van der Waals surface area contributed by atoms with Crippen LogP contribution in [0.25, 0.3) is 6.08 Å². The standard InChI is InChI=1S/C27H34O10/c1-34-21-9-14(4-3-7-28)8-17-18(21)11-16(19(17)12-29)15-5-6-20(22(10-15)35-2)36-27-26(33)25(32)24(31)23(13-30)37-27/h3-6,8-10,16,19,23-33H,7,11-13H2,1-2H3/t16-,19+,23-,24-,25+,26-,27-/m1/s1. The van der Waals surface area contributed by atoms with Crippen molar-refractivity contribution in [3.05, 3.63) is 58.7 Å². The number of benzene rings is 2. The van der Waals surface area contributed by atoms with E-state index in [1.54, 1.807) is 31.4 Å². The molecule has 37 heavy (non-hydrogen) atoms. The Hall–Kier alpha value is -2.70. The number of ether oxygens (including phenoxy) is 4. The smallest absolute Gasteiger partial charge is 0.229 e. The molecular weight excluding hydrogens is 484 g/mol. The zero-order chi connectivity index (χ0) is 26.7. The Morgan fingerprint density at radius 1 is 0.892 bits per heavy atom. The summed E-state index contributed by atoms with van der Waals surface area (Å²) in [6, 6.07) is 9.18. The predicted octanol–water partition coefficient (Wildman–Crippen LogP) is 0.304. The summed E-state index contributed by atoms with van der Waals surface area (Å²) in [7, 11) is 3.07. The molecule has 1 heterocycles. The fourth-order valence-electron chi connectivity index (χ4n) is 5.16. The van der Waals surface area contributed by atoms with Crippen LogP contribution in [0.2, 0.25) is 0 Å². The molecule has 0 spiro atoms. The summed E-state index contributed by atoms with van der Waals surface area (Å²) >= 11 is 0. The van der Waals surface area contributed by atoms with E-state index < -0.39 is 37.3 Å². The second kappa shape index (κ2) is 11.8. The molecule has 6 N–H and O–H groups in total. The number of hydrogen-bond acceptors (Lipinski definition) is 10. The Morgan fingerprint density at radius 3 is 2.30 bits per heavy atom. The molecule has 0 saturated carbocycles. The normalized spacial score (nSPS) is 29.4. The number of hydrogen-bond donors (Lipinski definition) is 6. The van der Waals surface area contributed by atoms with Gasteiger partial charge in [0, 0.05) is 5.92 Å². The van der Waals surface area contributed by atoms with Gasteiger partial charge in [0.1, 0.15) is 30.2 Å². The molecule has 0 aromatic heterocycles. The molecule has 2 aromatic rings. The van der Waals surface area contributed by atoms with Crippen molar-refractivity contribution in [3.63, 3.8) is 0 Å². The Balaban J connectivity index is 1.61. The van der Waals surface area contributed by atoms with Crippen molar-refractivity contribution in [2.24, 2.45) is 0 Å². The molecule has 0 bridgehead atoms. The molecule has 1 saturated heterocycles. The molecule has 1 fully saturated rings. The van der Waals surface area contributed by atoms with Gasteiger partial charge in [-0.05, 0) is 52.8 Å². The van der Waals surface area contributed by atoms with E-state index in [0.717, 1.165) is 22.3 Å². The average molecular weight is 519 g/mol. The quantitative estimate of drug-likeness (QED) is 0.273. The van der Waals surface area contributed by atoms with Gasteiger partial charge in [0.15, 0.2) is 11.5 Å². The van der Waals surface area contributed by atoms with Crippen molar-refractivity contribution in [2.45, 2.75) is 49.0 Å². The number of fused-ring (bicyclic) bond motifs is 1. The first-order chi connectivity index (χ1) is 17.9. The number of aliphatic hydroxyl groups is 6. The van der Waals surface area contributed by atoms with Crippen LogP contribution in [0.4, 0.5) is 0 Å². The average Bonchev–Trinajstić information content (AvgIpc) is 3.30. The van der Waals surface area contributed by atoms with Crippen LogP contribution < -0.4 is 14.2 Å². The van der Waals surface area contributed by atoms with Crippen molar-refractivity contribution in [3.8, 4) is 17.2 Å². The van der Waals surface area contributed by atoms with Gasteiger partial charge in [0.05, 0.1) is 34.0 Å². The van der Waals surface area contributed by atoms with Crippen LogP contribution in [0.15, 0.2) is 36.4 Å². The summed E-state index contributed by atoms with van der Waals surface area (Å²) in [6.07, 6.45) is -2.96. The zero-order valence-corrected chi connectivity index (χ0v) is 20.7. The highest BCUT2D eigenvalue weighted by molar-refractivity contribution is 5.60. The number of aliphatic hydroxyl groups excluding tert-OH is 6. The first-order valence-electron chi connectivity index (χ1n) is 12.1. The van der Waals surface area contributed by atoms with Crippen LogP contribution in [-0.2, 0) is 11.2 Å². The lowest BCUT2D eigenvalue weighted by Gasteiger charge is -2.39. The zero-order valence-electron chi connectivity index (χ0n) is 20.7. The van der Waals surface area contributed by atoms with E-state index in [4.69, 9.17) is 24.1 Å². The molecule has 202 valence electrons. The molecule has 1 aliphatic heterocycles. The molecule has 10 heteroatoms. The highest BCUT2D eigenvalue weighted by Gasteiger charge is 2.45. The third-order valence-electron chi connectivity index (χ3n) is 7.11. The van der Waals surface area contributed by atoms with Gasteiger partial charge in [-0.2, -0.15) is 0 Å². The number of rotatable bonds is 9. The van der Waals surface area contributed by atoms with Crippen LogP contribution in [0.1, 0.15) is 34.1 Å². The van der Waals surface area contributed by atoms with Gasteiger partial charge in [0.2, 0.25) is 6.29 Å². The van der Waals surface area contributed by atoms with Crippen molar-refractivity contribution in [1.82, 2.24) is 0 Å². The van der Waals surface area contributed by atoms with E-state index in [1.165, 1.54) is 7.11 Å². The van der Waals surface area contributed by atoms with Crippen LogP contribution in [0, 0.1) is 0 Å². The second-order valence-corrected chi connectivity index (χ2v) is 9.20. The lowest BCUT2D eigenvalue weighted by Crippen LogP contribution is -2.60. The maximum atomic E-state index is 10.3. The highest BCUT2D eigenvalue weighted by atomic mass is 16.7. The lowest BCUT2D eigenvalue weighted by atomic mass is 9.86. The predicted molar refractivity (Wildman–Crippen MR) is 133 cm³/mol. The minimum absolute atomic E-state index is 0.0806. The summed E-state index contributed by atoms with van der Waals surface area (Å²) in [5.41, 5.74) is 3.74. The summed E-state index contributed by atoms with van der Waals surface area (Å²) < 4.78 is 22.4. The fourth-order valence-corrected chi connectivity index (χ4v) is 5.16. The van der Waals surface area contributed by atoms with E-state index in [1.807, 2.05) is 18.2 Å². The van der Waals surface area contributed by atoms with Crippen molar-refractivity contribution in [1.29, 1.82) is 0 Å². The Bertz CT molecular complexity index is 1100. The van der Waals surface area contributed by atoms with Gasteiger partial charge in [-0.15, -0.1) is 0 Å². The maximum Gasteiger partial charge on any atom is 0.229 e. The molecule has 7 atom stereocenters. The molecule has 10 nitrogen and oxygen atoms in total. The Morgan fingerprint density at radius 2 is 1.65 bits per heavy atom. The van der Waals surface area contributed by atoms with Crippen LogP contribution in [0.5, 0.6) is 17.2 Å². The monoisotopic (exact) mass is 518 g/mol. The molecule has 4 rings (SSSR count). The largest absolute Gasteiger partial charge is 0.496 e. The third kappa shape index (κ3) is 5.32. The minimum Gasteiger partial charge on any atom is -0.496 e. The summed E-state index contributed by atoms with van der Waals surface area (Å²) in [4.78, 5) is 0. The van der Waals surface area contributed by atoms with Gasteiger partial charge in [0.25, 0.3) is 0 Å². The fraction of sp³-hybridized carbons (Fsp3) is 0.481.